The first-order valence-electron chi connectivity index (χ1n) is 3.63. The fourth-order valence-corrected chi connectivity index (χ4v) is 1.42. The molecule has 1 aromatic carbocycles. The molecule has 0 saturated heterocycles. The molecule has 1 aliphatic heterocycles. The van der Waals surface area contributed by atoms with E-state index in [2.05, 4.69) is 5.32 Å². The summed E-state index contributed by atoms with van der Waals surface area (Å²) in [7, 11) is 0. The van der Waals surface area contributed by atoms with E-state index in [4.69, 9.17) is 4.74 Å². The summed E-state index contributed by atoms with van der Waals surface area (Å²) >= 11 is 1.54. The Labute approximate surface area is 75.6 Å². The van der Waals surface area contributed by atoms with E-state index < -0.39 is 0 Å². The maximum Gasteiger partial charge on any atom is 0.303 e. The van der Waals surface area contributed by atoms with Crippen molar-refractivity contribution in [3.8, 4) is 5.75 Å². The highest BCUT2D eigenvalue weighted by Gasteiger charge is 2.13. The number of ether oxygens (including phenoxy) is 1. The highest BCUT2D eigenvalue weighted by atomic mass is 32.2. The molecule has 0 aromatic heterocycles. The molecule has 0 amide bonds. The molecule has 0 unspecified atom stereocenters. The summed E-state index contributed by atoms with van der Waals surface area (Å²) in [6.07, 6.45) is 1.85. The van der Waals surface area contributed by atoms with E-state index in [1.165, 1.54) is 11.8 Å². The molecule has 0 atom stereocenters. The van der Waals surface area contributed by atoms with Gasteiger partial charge in [-0.1, -0.05) is 30.0 Å². The quantitative estimate of drug-likeness (QED) is 0.751. The molecule has 0 spiro atoms. The van der Waals surface area contributed by atoms with Gasteiger partial charge in [0, 0.05) is 6.20 Å². The summed E-state index contributed by atoms with van der Waals surface area (Å²) in [4.78, 5) is 0. The zero-order valence-electron chi connectivity index (χ0n) is 6.36. The van der Waals surface area contributed by atoms with Crippen LogP contribution in [0.5, 0.6) is 5.75 Å². The summed E-state index contributed by atoms with van der Waals surface area (Å²) in [6.45, 7) is 0. The Bertz CT molecular complexity index is 265. The van der Waals surface area contributed by atoms with Gasteiger partial charge in [0.1, 0.15) is 5.75 Å². The van der Waals surface area contributed by atoms with Crippen molar-refractivity contribution in [3.05, 3.63) is 47.5 Å². The molecule has 1 N–H and O–H groups in total. The van der Waals surface area contributed by atoms with Crippen molar-refractivity contribution < 1.29 is 4.74 Å². The van der Waals surface area contributed by atoms with E-state index in [-0.39, 0.29) is 0 Å². The molecule has 1 aromatic rings. The number of benzene rings is 1. The third-order valence-corrected chi connectivity index (χ3v) is 2.09. The number of nitrogens with one attached hydrogen (secondary N) is 1. The second-order valence-electron chi connectivity index (χ2n) is 2.27. The van der Waals surface area contributed by atoms with Crippen LogP contribution in [0.3, 0.4) is 0 Å². The minimum absolute atomic E-state index is 0.807. The Morgan fingerprint density at radius 1 is 1.17 bits per heavy atom. The Balaban J connectivity index is 1.95. The molecule has 0 fully saturated rings. The minimum Gasteiger partial charge on any atom is -0.451 e. The number of hydrogen-bond donors (Lipinski definition) is 1. The Kier molecular flexibility index (Phi) is 2.23. The van der Waals surface area contributed by atoms with Crippen molar-refractivity contribution in [2.24, 2.45) is 0 Å². The van der Waals surface area contributed by atoms with Crippen LogP contribution in [0, 0.1) is 5.56 Å². The van der Waals surface area contributed by atoms with Gasteiger partial charge in [-0.05, 0) is 17.5 Å². The SMILES string of the molecule is C1=CS[C](Oc2ccccc2)N1. The molecule has 61 valence electrons. The van der Waals surface area contributed by atoms with Crippen LogP contribution in [0.1, 0.15) is 0 Å². The van der Waals surface area contributed by atoms with Crippen molar-refractivity contribution >= 4 is 11.8 Å². The van der Waals surface area contributed by atoms with Gasteiger partial charge in [-0.25, -0.2) is 0 Å². The Morgan fingerprint density at radius 3 is 2.67 bits per heavy atom. The first kappa shape index (κ1) is 7.55. The molecule has 0 bridgehead atoms. The number of para-hydroxylation sites is 1. The summed E-state index contributed by atoms with van der Waals surface area (Å²) < 4.78 is 5.48. The maximum absolute atomic E-state index is 5.48. The summed E-state index contributed by atoms with van der Waals surface area (Å²) in [5.41, 5.74) is 0.807. The molecule has 2 rings (SSSR count). The van der Waals surface area contributed by atoms with Crippen LogP contribution < -0.4 is 10.1 Å². The smallest absolute Gasteiger partial charge is 0.303 e. The van der Waals surface area contributed by atoms with Gasteiger partial charge in [-0.15, -0.1) is 0 Å². The molecule has 12 heavy (non-hydrogen) atoms. The van der Waals surface area contributed by atoms with Crippen LogP contribution >= 0.6 is 11.8 Å². The van der Waals surface area contributed by atoms with Crippen LogP contribution in [-0.2, 0) is 0 Å². The average Bonchev–Trinajstić information content (AvgIpc) is 2.59. The van der Waals surface area contributed by atoms with Crippen molar-refractivity contribution in [2.45, 2.75) is 0 Å². The molecule has 1 radical (unpaired) electrons. The third-order valence-electron chi connectivity index (χ3n) is 1.40. The molecular weight excluding hydrogens is 170 g/mol. The van der Waals surface area contributed by atoms with E-state index in [0.717, 1.165) is 11.3 Å². The number of rotatable bonds is 2. The second-order valence-corrected chi connectivity index (χ2v) is 3.15. The lowest BCUT2D eigenvalue weighted by atomic mass is 10.3. The lowest BCUT2D eigenvalue weighted by Crippen LogP contribution is -2.13. The maximum atomic E-state index is 5.48. The minimum atomic E-state index is 0.807. The molecule has 3 heteroatoms. The number of hydrogen-bond acceptors (Lipinski definition) is 3. The highest BCUT2D eigenvalue weighted by Crippen LogP contribution is 2.25. The van der Waals surface area contributed by atoms with Gasteiger partial charge in [-0.3, -0.25) is 0 Å². The van der Waals surface area contributed by atoms with Crippen molar-refractivity contribution in [2.75, 3.05) is 0 Å². The van der Waals surface area contributed by atoms with E-state index in [1.807, 2.05) is 41.9 Å². The van der Waals surface area contributed by atoms with Gasteiger partial charge in [0.2, 0.25) is 0 Å². The highest BCUT2D eigenvalue weighted by molar-refractivity contribution is 8.04. The zero-order chi connectivity index (χ0) is 8.23. The van der Waals surface area contributed by atoms with E-state index in [0.29, 0.717) is 0 Å². The average molecular weight is 178 g/mol. The van der Waals surface area contributed by atoms with Gasteiger partial charge in [-0.2, -0.15) is 0 Å². The van der Waals surface area contributed by atoms with Crippen LogP contribution in [-0.4, -0.2) is 0 Å². The van der Waals surface area contributed by atoms with E-state index in [9.17, 15) is 0 Å². The summed E-state index contributed by atoms with van der Waals surface area (Å²) in [5.74, 6) is 0.858. The van der Waals surface area contributed by atoms with Crippen LogP contribution in [0.25, 0.3) is 0 Å². The number of thioether (sulfide) groups is 1. The van der Waals surface area contributed by atoms with E-state index in [1.54, 1.807) is 0 Å². The van der Waals surface area contributed by atoms with Crippen molar-refractivity contribution in [1.82, 2.24) is 5.32 Å². The fourth-order valence-electron chi connectivity index (χ4n) is 0.881. The molecule has 0 saturated carbocycles. The van der Waals surface area contributed by atoms with Crippen LogP contribution in [0.4, 0.5) is 0 Å². The molecule has 0 aliphatic carbocycles. The molecule has 2 nitrogen and oxygen atoms in total. The van der Waals surface area contributed by atoms with Gasteiger partial charge in [0.15, 0.2) is 0 Å². The van der Waals surface area contributed by atoms with Gasteiger partial charge in [0.05, 0.1) is 0 Å². The predicted octanol–water partition coefficient (Wildman–Crippen LogP) is 2.32. The van der Waals surface area contributed by atoms with E-state index >= 15 is 0 Å². The molecule has 1 aliphatic rings. The topological polar surface area (TPSA) is 21.3 Å². The molecule has 1 heterocycles. The predicted molar refractivity (Wildman–Crippen MR) is 50.2 cm³/mol. The lowest BCUT2D eigenvalue weighted by molar-refractivity contribution is 0.366. The van der Waals surface area contributed by atoms with Gasteiger partial charge < -0.3 is 10.1 Å². The zero-order valence-corrected chi connectivity index (χ0v) is 7.17. The molecular formula is C9H8NOS. The fraction of sp³-hybridized carbons (Fsp3) is 0. The van der Waals surface area contributed by atoms with Crippen LogP contribution in [0.2, 0.25) is 0 Å². The van der Waals surface area contributed by atoms with Crippen molar-refractivity contribution in [1.29, 1.82) is 0 Å². The monoisotopic (exact) mass is 178 g/mol. The summed E-state index contributed by atoms with van der Waals surface area (Å²) in [6, 6.07) is 9.71. The standard InChI is InChI=1S/C9H8NOS/c1-2-4-8(5-3-1)11-9-10-6-7-12-9/h1-7,10H. The van der Waals surface area contributed by atoms with Crippen LogP contribution in [0.15, 0.2) is 41.9 Å². The third kappa shape index (κ3) is 1.74. The summed E-state index contributed by atoms with van der Waals surface area (Å²) in [5, 5.41) is 4.92. The normalized spacial score (nSPS) is 16.0. The van der Waals surface area contributed by atoms with Crippen molar-refractivity contribution in [3.63, 3.8) is 0 Å². The Hall–Kier alpha value is -1.09. The second kappa shape index (κ2) is 3.54. The lowest BCUT2D eigenvalue weighted by Gasteiger charge is -2.09. The largest absolute Gasteiger partial charge is 0.451 e. The first-order valence-corrected chi connectivity index (χ1v) is 4.51. The Morgan fingerprint density at radius 2 is 2.00 bits per heavy atom. The van der Waals surface area contributed by atoms with Gasteiger partial charge >= 0.3 is 5.56 Å². The van der Waals surface area contributed by atoms with Gasteiger partial charge in [0.25, 0.3) is 0 Å². The first-order chi connectivity index (χ1) is 5.95.